The molecule has 3 aromatic carbocycles. The number of pyridine rings is 2. The summed E-state index contributed by atoms with van der Waals surface area (Å²) in [6.45, 7) is 0. The average molecular weight is 465 g/mol. The maximum Gasteiger partial charge on any atom is 0.202 e. The van der Waals surface area contributed by atoms with Crippen molar-refractivity contribution in [2.45, 2.75) is 0 Å². The molecule has 7 rings (SSSR count). The fraction of sp³-hybridized carbons (Fsp3) is 0. The summed E-state index contributed by atoms with van der Waals surface area (Å²) in [7, 11) is 0. The van der Waals surface area contributed by atoms with Gasteiger partial charge in [0.25, 0.3) is 0 Å². The Hall–Kier alpha value is -5.10. The van der Waals surface area contributed by atoms with E-state index in [1.54, 1.807) is 12.4 Å². The Morgan fingerprint density at radius 3 is 2.03 bits per heavy atom. The summed E-state index contributed by atoms with van der Waals surface area (Å²) in [4.78, 5) is 15.9. The molecule has 4 aromatic heterocycles. The lowest BCUT2D eigenvalue weighted by Crippen LogP contribution is -2.13. The summed E-state index contributed by atoms with van der Waals surface area (Å²) in [5.41, 5.74) is 5.78. The average Bonchev–Trinajstić information content (AvgIpc) is 3.54. The van der Waals surface area contributed by atoms with E-state index in [4.69, 9.17) is 10.1 Å². The topological polar surface area (TPSA) is 61.4 Å². The van der Waals surface area contributed by atoms with Crippen LogP contribution in [-0.2, 0) is 0 Å². The van der Waals surface area contributed by atoms with E-state index in [-0.39, 0.29) is 0 Å². The zero-order valence-electron chi connectivity index (χ0n) is 19.2. The molecule has 0 saturated heterocycles. The van der Waals surface area contributed by atoms with Crippen LogP contribution in [0.3, 0.4) is 0 Å². The second kappa shape index (κ2) is 8.29. The van der Waals surface area contributed by atoms with Crippen molar-refractivity contribution in [2.24, 2.45) is 0 Å². The molecular weight excluding hydrogens is 444 g/mol. The molecule has 0 saturated carbocycles. The van der Waals surface area contributed by atoms with E-state index in [2.05, 4.69) is 81.4 Å². The van der Waals surface area contributed by atoms with Gasteiger partial charge < -0.3 is 0 Å². The van der Waals surface area contributed by atoms with E-state index in [0.29, 0.717) is 17.3 Å². The van der Waals surface area contributed by atoms with Crippen molar-refractivity contribution in [2.75, 3.05) is 0 Å². The fourth-order valence-electron chi connectivity index (χ4n) is 4.75. The molecule has 0 aliphatic rings. The highest BCUT2D eigenvalue weighted by atomic mass is 15.6. The Labute approximate surface area is 207 Å². The van der Waals surface area contributed by atoms with E-state index >= 15 is 0 Å². The first-order valence-electron chi connectivity index (χ1n) is 11.8. The van der Waals surface area contributed by atoms with Gasteiger partial charge in [0.2, 0.25) is 11.6 Å². The van der Waals surface area contributed by atoms with E-state index in [0.717, 1.165) is 38.6 Å². The molecule has 36 heavy (non-hydrogen) atoms. The normalized spacial score (nSPS) is 11.3. The molecule has 0 atom stereocenters. The van der Waals surface area contributed by atoms with Crippen molar-refractivity contribution in [3.8, 4) is 34.2 Å². The Balaban J connectivity index is 1.62. The first-order valence-corrected chi connectivity index (χ1v) is 11.8. The van der Waals surface area contributed by atoms with Gasteiger partial charge in [0, 0.05) is 28.7 Å². The number of benzene rings is 3. The first-order chi connectivity index (χ1) is 17.9. The van der Waals surface area contributed by atoms with Gasteiger partial charge in [0.05, 0.1) is 11.0 Å². The van der Waals surface area contributed by atoms with Crippen LogP contribution >= 0.6 is 0 Å². The van der Waals surface area contributed by atoms with Crippen molar-refractivity contribution in [3.05, 3.63) is 122 Å². The number of nitrogens with zero attached hydrogens (tertiary/aromatic N) is 6. The van der Waals surface area contributed by atoms with Gasteiger partial charge in [-0.15, -0.1) is 9.89 Å². The van der Waals surface area contributed by atoms with Gasteiger partial charge in [-0.2, -0.15) is 0 Å². The van der Waals surface area contributed by atoms with E-state index in [9.17, 15) is 0 Å². The predicted molar refractivity (Wildman–Crippen MR) is 142 cm³/mol. The third-order valence-corrected chi connectivity index (χ3v) is 6.32. The highest BCUT2D eigenvalue weighted by Gasteiger charge is 2.22. The van der Waals surface area contributed by atoms with Crippen LogP contribution in [0.5, 0.6) is 0 Å². The molecule has 0 fully saturated rings. The number of aromatic nitrogens is 6. The van der Waals surface area contributed by atoms with E-state index in [1.807, 2.05) is 47.3 Å². The van der Waals surface area contributed by atoms with Crippen LogP contribution in [-0.4, -0.2) is 29.5 Å². The lowest BCUT2D eigenvalue weighted by atomic mass is 10.0. The zero-order valence-corrected chi connectivity index (χ0v) is 19.2. The fourth-order valence-corrected chi connectivity index (χ4v) is 4.75. The van der Waals surface area contributed by atoms with Crippen LogP contribution in [0.25, 0.3) is 56.0 Å². The zero-order chi connectivity index (χ0) is 23.9. The minimum Gasteiger partial charge on any atom is -0.253 e. The molecular formula is C30H20N6. The first kappa shape index (κ1) is 20.3. The second-order valence-electron chi connectivity index (χ2n) is 8.48. The Morgan fingerprint density at radius 2 is 1.25 bits per heavy atom. The minimum atomic E-state index is 0.541. The predicted octanol–water partition coefficient (Wildman–Crippen LogP) is 6.49. The molecule has 0 aliphatic heterocycles. The highest BCUT2D eigenvalue weighted by Crippen LogP contribution is 2.37. The molecule has 6 heteroatoms. The minimum absolute atomic E-state index is 0.541. The molecule has 0 aliphatic carbocycles. The Morgan fingerprint density at radius 1 is 0.556 bits per heavy atom. The van der Waals surface area contributed by atoms with Crippen LogP contribution in [0, 0.1) is 0 Å². The third kappa shape index (κ3) is 3.20. The van der Waals surface area contributed by atoms with Crippen LogP contribution in [0.4, 0.5) is 0 Å². The van der Waals surface area contributed by atoms with Gasteiger partial charge in [-0.1, -0.05) is 78.9 Å². The number of rotatable bonds is 4. The Kier molecular flexibility index (Phi) is 4.67. The van der Waals surface area contributed by atoms with Crippen molar-refractivity contribution in [1.82, 2.24) is 29.5 Å². The van der Waals surface area contributed by atoms with Gasteiger partial charge in [-0.05, 0) is 35.9 Å². The Bertz CT molecular complexity index is 1820. The largest absolute Gasteiger partial charge is 0.253 e. The number of para-hydroxylation sites is 2. The molecule has 0 unspecified atom stereocenters. The van der Waals surface area contributed by atoms with Crippen molar-refractivity contribution < 1.29 is 0 Å². The maximum absolute atomic E-state index is 5.00. The van der Waals surface area contributed by atoms with Crippen molar-refractivity contribution >= 4 is 21.8 Å². The van der Waals surface area contributed by atoms with Gasteiger partial charge >= 0.3 is 0 Å². The van der Waals surface area contributed by atoms with Crippen LogP contribution in [0.15, 0.2) is 122 Å². The monoisotopic (exact) mass is 464 g/mol. The summed E-state index contributed by atoms with van der Waals surface area (Å²) < 4.78 is 2.15. The van der Waals surface area contributed by atoms with Gasteiger partial charge in [0.1, 0.15) is 11.4 Å². The summed E-state index contributed by atoms with van der Waals surface area (Å²) >= 11 is 0. The SMILES string of the molecule is c1ccc(-c2cccc3c4ccccc4n(-n4nc(-c5ccccn5)nc4-c4ccccn4)c23)cc1. The maximum atomic E-state index is 5.00. The summed E-state index contributed by atoms with van der Waals surface area (Å²) in [6.07, 6.45) is 3.53. The molecule has 0 amide bonds. The lowest BCUT2D eigenvalue weighted by molar-refractivity contribution is 0.621. The molecule has 0 N–H and O–H groups in total. The number of hydrogen-bond donors (Lipinski definition) is 0. The highest BCUT2D eigenvalue weighted by molar-refractivity contribution is 6.12. The molecule has 0 radical (unpaired) electrons. The molecule has 6 nitrogen and oxygen atoms in total. The molecule has 0 spiro atoms. The van der Waals surface area contributed by atoms with Gasteiger partial charge in [0.15, 0.2) is 0 Å². The van der Waals surface area contributed by atoms with Gasteiger partial charge in [-0.3, -0.25) is 9.97 Å². The summed E-state index contributed by atoms with van der Waals surface area (Å²) in [6, 6.07) is 36.8. The standard InChI is InChI=1S/C30H20N6/c1-2-11-21(12-3-1)22-14-10-15-24-23-13-4-5-18-27(23)35(28(22)24)36-30(26-17-7-9-20-32-26)33-29(34-36)25-16-6-8-19-31-25/h1-20H. The van der Waals surface area contributed by atoms with E-state index in [1.165, 1.54) is 0 Å². The van der Waals surface area contributed by atoms with Crippen molar-refractivity contribution in [3.63, 3.8) is 0 Å². The van der Waals surface area contributed by atoms with Gasteiger partial charge in [-0.25, -0.2) is 9.66 Å². The number of fused-ring (bicyclic) bond motifs is 3. The molecule has 0 bridgehead atoms. The van der Waals surface area contributed by atoms with E-state index < -0.39 is 0 Å². The third-order valence-electron chi connectivity index (χ3n) is 6.32. The van der Waals surface area contributed by atoms with Crippen LogP contribution < -0.4 is 0 Å². The molecule has 7 aromatic rings. The summed E-state index contributed by atoms with van der Waals surface area (Å²) in [5.74, 6) is 1.18. The summed E-state index contributed by atoms with van der Waals surface area (Å²) in [5, 5.41) is 7.29. The van der Waals surface area contributed by atoms with Crippen molar-refractivity contribution in [1.29, 1.82) is 0 Å². The lowest BCUT2D eigenvalue weighted by Gasteiger charge is -2.13. The smallest absolute Gasteiger partial charge is 0.202 e. The molecule has 4 heterocycles. The number of hydrogen-bond acceptors (Lipinski definition) is 4. The second-order valence-corrected chi connectivity index (χ2v) is 8.48. The van der Waals surface area contributed by atoms with Crippen LogP contribution in [0.1, 0.15) is 0 Å². The molecule has 170 valence electrons. The van der Waals surface area contributed by atoms with Crippen LogP contribution in [0.2, 0.25) is 0 Å². The quantitative estimate of drug-likeness (QED) is 0.299.